The molecule has 0 bridgehead atoms. The average molecular weight is 563 g/mol. The molecule has 2 amide bonds. The van der Waals surface area contributed by atoms with Gasteiger partial charge in [-0.05, 0) is 61.9 Å². The van der Waals surface area contributed by atoms with Crippen molar-refractivity contribution in [2.45, 2.75) is 43.8 Å². The smallest absolute Gasteiger partial charge is 0.281 e. The van der Waals surface area contributed by atoms with E-state index in [4.69, 9.17) is 11.6 Å². The number of aliphatic hydroxyl groups is 1. The number of alkyl halides is 2. The van der Waals surface area contributed by atoms with Crippen molar-refractivity contribution in [1.29, 1.82) is 0 Å². The van der Waals surface area contributed by atoms with Crippen molar-refractivity contribution in [3.8, 4) is 0 Å². The normalized spacial score (nSPS) is 22.7. The van der Waals surface area contributed by atoms with Gasteiger partial charge < -0.3 is 15.3 Å². The number of carbonyl (C=O) groups is 2. The van der Waals surface area contributed by atoms with Crippen LogP contribution in [0.25, 0.3) is 0 Å². The summed E-state index contributed by atoms with van der Waals surface area (Å²) in [5.74, 6) is -2.69. The molecule has 2 N–H and O–H groups in total. The lowest BCUT2D eigenvalue weighted by atomic mass is 9.85. The first-order valence-electron chi connectivity index (χ1n) is 12.3. The Labute approximate surface area is 225 Å². The Balaban J connectivity index is 1.28. The number of carbonyl (C=O) groups excluding carboxylic acids is 2. The van der Waals surface area contributed by atoms with Gasteiger partial charge in [-0.15, -0.1) is 0 Å². The molecule has 1 unspecified atom stereocenters. The van der Waals surface area contributed by atoms with E-state index in [0.717, 1.165) is 30.6 Å². The highest BCUT2D eigenvalue weighted by Crippen LogP contribution is 2.45. The molecule has 0 saturated heterocycles. The second kappa shape index (κ2) is 10.5. The van der Waals surface area contributed by atoms with Crippen LogP contribution in [-0.4, -0.2) is 39.5 Å². The Hall–Kier alpha value is -3.57. The van der Waals surface area contributed by atoms with Gasteiger partial charge in [0.25, 0.3) is 18.2 Å². The Morgan fingerprint density at radius 1 is 1.08 bits per heavy atom. The molecule has 7 nitrogen and oxygen atoms in total. The van der Waals surface area contributed by atoms with Crippen LogP contribution in [0.1, 0.15) is 59.4 Å². The quantitative estimate of drug-likeness (QED) is 0.416. The largest absolute Gasteiger partial charge is 0.370 e. The van der Waals surface area contributed by atoms with Gasteiger partial charge in [0.1, 0.15) is 17.3 Å². The number of pyridine rings is 2. The van der Waals surface area contributed by atoms with E-state index in [1.54, 1.807) is 0 Å². The first kappa shape index (κ1) is 27.0. The maximum atomic E-state index is 14.2. The molecule has 1 saturated carbocycles. The molecular weight excluding hydrogens is 540 g/mol. The number of benzene rings is 1. The summed E-state index contributed by atoms with van der Waals surface area (Å²) in [6, 6.07) is 6.78. The van der Waals surface area contributed by atoms with Gasteiger partial charge >= 0.3 is 0 Å². The topological polar surface area (TPSA) is 95.4 Å². The Bertz CT molecular complexity index is 1420. The second-order valence-electron chi connectivity index (χ2n) is 9.73. The number of hydrogen-bond donors (Lipinski definition) is 2. The molecule has 0 radical (unpaired) electrons. The summed E-state index contributed by atoms with van der Waals surface area (Å²) >= 11 is 5.85. The lowest BCUT2D eigenvalue weighted by molar-refractivity contribution is -0.132. The summed E-state index contributed by atoms with van der Waals surface area (Å²) in [6.45, 7) is 0.174. The minimum atomic E-state index is -2.94. The highest BCUT2D eigenvalue weighted by Gasteiger charge is 2.52. The van der Waals surface area contributed by atoms with E-state index in [1.165, 1.54) is 23.1 Å². The molecule has 2 aliphatic rings. The van der Waals surface area contributed by atoms with Crippen LogP contribution in [-0.2, 0) is 10.4 Å². The zero-order valence-electron chi connectivity index (χ0n) is 20.4. The van der Waals surface area contributed by atoms with Gasteiger partial charge in [-0.25, -0.2) is 17.6 Å². The first-order chi connectivity index (χ1) is 18.6. The molecule has 2 aromatic heterocycles. The summed E-state index contributed by atoms with van der Waals surface area (Å²) in [6.07, 6.45) is 1.18. The van der Waals surface area contributed by atoms with E-state index in [9.17, 15) is 32.3 Å². The standard InChI is InChI=1S/C27H23ClF4N4O3/c28-15-9-19(23(24(31)32)34-11-15)25(37)35-18-5-1-14(2-6-18)13-36-21-10-16(29)3-7-20(21)27(39,26(36)38)22-8-4-17(30)12-33-22/h3-4,7-12,14,18,24,39H,1-2,5-6,13H2,(H,35,37). The highest BCUT2D eigenvalue weighted by molar-refractivity contribution is 6.30. The predicted molar refractivity (Wildman–Crippen MR) is 133 cm³/mol. The molecule has 204 valence electrons. The summed E-state index contributed by atoms with van der Waals surface area (Å²) in [7, 11) is 0. The van der Waals surface area contributed by atoms with E-state index in [1.807, 2.05) is 0 Å². The van der Waals surface area contributed by atoms with E-state index < -0.39 is 41.2 Å². The number of amides is 2. The van der Waals surface area contributed by atoms with Crippen molar-refractivity contribution in [3.05, 3.63) is 88.0 Å². The molecule has 1 fully saturated rings. The van der Waals surface area contributed by atoms with Gasteiger partial charge in [0.15, 0.2) is 0 Å². The maximum absolute atomic E-state index is 14.2. The molecule has 0 spiro atoms. The lowest BCUT2D eigenvalue weighted by Gasteiger charge is -2.32. The van der Waals surface area contributed by atoms with E-state index in [2.05, 4.69) is 15.3 Å². The van der Waals surface area contributed by atoms with Crippen molar-refractivity contribution in [3.63, 3.8) is 0 Å². The summed E-state index contributed by atoms with van der Waals surface area (Å²) in [5, 5.41) is 14.3. The maximum Gasteiger partial charge on any atom is 0.281 e. The van der Waals surface area contributed by atoms with E-state index in [0.29, 0.717) is 25.7 Å². The molecule has 1 aliphatic carbocycles. The van der Waals surface area contributed by atoms with Gasteiger partial charge in [-0.2, -0.15) is 0 Å². The van der Waals surface area contributed by atoms with Gasteiger partial charge in [0, 0.05) is 24.3 Å². The highest BCUT2D eigenvalue weighted by atomic mass is 35.5. The molecule has 1 atom stereocenters. The number of halogens is 5. The molecule has 5 rings (SSSR count). The van der Waals surface area contributed by atoms with E-state index >= 15 is 0 Å². The Morgan fingerprint density at radius 3 is 2.46 bits per heavy atom. The zero-order chi connectivity index (χ0) is 27.9. The van der Waals surface area contributed by atoms with Crippen LogP contribution in [0.15, 0.2) is 48.8 Å². The zero-order valence-corrected chi connectivity index (χ0v) is 21.1. The molecule has 3 aromatic rings. The fourth-order valence-corrected chi connectivity index (χ4v) is 5.45. The minimum absolute atomic E-state index is 0.0498. The third kappa shape index (κ3) is 5.08. The monoisotopic (exact) mass is 562 g/mol. The second-order valence-corrected chi connectivity index (χ2v) is 10.2. The fraction of sp³-hybridized carbons (Fsp3) is 0.333. The number of hydrogen-bond acceptors (Lipinski definition) is 5. The van der Waals surface area contributed by atoms with Crippen LogP contribution in [0.4, 0.5) is 23.2 Å². The Kier molecular flexibility index (Phi) is 7.30. The van der Waals surface area contributed by atoms with Crippen LogP contribution in [0, 0.1) is 17.6 Å². The van der Waals surface area contributed by atoms with Crippen LogP contribution < -0.4 is 10.2 Å². The van der Waals surface area contributed by atoms with Crippen LogP contribution >= 0.6 is 11.6 Å². The number of nitrogens with zero attached hydrogens (tertiary/aromatic N) is 3. The van der Waals surface area contributed by atoms with Gasteiger partial charge in [0.2, 0.25) is 5.60 Å². The van der Waals surface area contributed by atoms with Crippen molar-refractivity contribution in [2.24, 2.45) is 5.92 Å². The van der Waals surface area contributed by atoms with Crippen molar-refractivity contribution in [2.75, 3.05) is 11.4 Å². The van der Waals surface area contributed by atoms with Crippen LogP contribution in [0.5, 0.6) is 0 Å². The molecule has 12 heteroatoms. The molecule has 1 aliphatic heterocycles. The number of aromatic nitrogens is 2. The molecule has 39 heavy (non-hydrogen) atoms. The number of rotatable bonds is 6. The summed E-state index contributed by atoms with van der Waals surface area (Å²) in [5.41, 5.74) is -2.85. The number of nitrogens with one attached hydrogen (secondary N) is 1. The third-order valence-electron chi connectivity index (χ3n) is 7.25. The average Bonchev–Trinajstić information content (AvgIpc) is 3.11. The van der Waals surface area contributed by atoms with Crippen LogP contribution in [0.2, 0.25) is 5.02 Å². The van der Waals surface area contributed by atoms with Gasteiger partial charge in [0.05, 0.1) is 28.2 Å². The Morgan fingerprint density at radius 2 is 1.79 bits per heavy atom. The molecule has 3 heterocycles. The minimum Gasteiger partial charge on any atom is -0.370 e. The van der Waals surface area contributed by atoms with Gasteiger partial charge in [-0.1, -0.05) is 17.7 Å². The summed E-state index contributed by atoms with van der Waals surface area (Å²) in [4.78, 5) is 35.0. The lowest BCUT2D eigenvalue weighted by Crippen LogP contribution is -2.45. The van der Waals surface area contributed by atoms with Crippen molar-refractivity contribution < 1.29 is 32.3 Å². The molecular formula is C27H23ClF4N4O3. The van der Waals surface area contributed by atoms with Crippen molar-refractivity contribution >= 4 is 29.1 Å². The predicted octanol–water partition coefficient (Wildman–Crippen LogP) is 4.92. The van der Waals surface area contributed by atoms with Gasteiger partial charge in [-0.3, -0.25) is 19.6 Å². The first-order valence-corrected chi connectivity index (χ1v) is 12.7. The fourth-order valence-electron chi connectivity index (χ4n) is 5.29. The van der Waals surface area contributed by atoms with E-state index in [-0.39, 0.29) is 46.0 Å². The number of anilines is 1. The SMILES string of the molecule is O=C(NC1CCC(CN2C(=O)C(O)(c3ccc(F)cn3)c3ccc(F)cc32)CC1)c1cc(Cl)cnc1C(F)F. The molecule has 1 aromatic carbocycles. The number of fused-ring (bicyclic) bond motifs is 1. The van der Waals surface area contributed by atoms with Crippen LogP contribution in [0.3, 0.4) is 0 Å². The summed E-state index contributed by atoms with van der Waals surface area (Å²) < 4.78 is 54.2. The third-order valence-corrected chi connectivity index (χ3v) is 7.46. The van der Waals surface area contributed by atoms with Crippen molar-refractivity contribution in [1.82, 2.24) is 15.3 Å².